The second-order valence-electron chi connectivity index (χ2n) is 6.98. The molecule has 0 saturated heterocycles. The van der Waals surface area contributed by atoms with Crippen molar-refractivity contribution in [1.29, 1.82) is 0 Å². The Morgan fingerprint density at radius 2 is 2.00 bits per heavy atom. The number of carboxylic acids is 1. The SMILES string of the molecule is CC(C)(C)OC(=O)NCc1cccc(-c2nc(C(=O)O)nn3cccc23)c1. The van der Waals surface area contributed by atoms with Gasteiger partial charge in [0.25, 0.3) is 5.82 Å². The van der Waals surface area contributed by atoms with Crippen LogP contribution in [0.1, 0.15) is 37.0 Å². The third-order valence-electron chi connectivity index (χ3n) is 3.62. The molecule has 3 aromatic rings. The maximum Gasteiger partial charge on any atom is 0.407 e. The molecule has 27 heavy (non-hydrogen) atoms. The molecular formula is C19H20N4O4. The number of hydrogen-bond acceptors (Lipinski definition) is 5. The average molecular weight is 368 g/mol. The zero-order valence-corrected chi connectivity index (χ0v) is 15.3. The molecule has 0 atom stereocenters. The minimum atomic E-state index is -1.20. The molecule has 3 rings (SSSR count). The van der Waals surface area contributed by atoms with Crippen LogP contribution in [0, 0.1) is 0 Å². The van der Waals surface area contributed by atoms with Gasteiger partial charge in [0.1, 0.15) is 5.60 Å². The van der Waals surface area contributed by atoms with Crippen LogP contribution in [-0.2, 0) is 11.3 Å². The molecule has 1 aromatic carbocycles. The van der Waals surface area contributed by atoms with Gasteiger partial charge in [-0.3, -0.25) is 0 Å². The van der Waals surface area contributed by atoms with E-state index in [1.807, 2.05) is 30.3 Å². The molecule has 0 bridgehead atoms. The highest BCUT2D eigenvalue weighted by molar-refractivity contribution is 5.86. The number of rotatable bonds is 4. The van der Waals surface area contributed by atoms with Gasteiger partial charge in [-0.15, -0.1) is 5.10 Å². The number of carbonyl (C=O) groups excluding carboxylic acids is 1. The number of nitrogens with zero attached hydrogens (tertiary/aromatic N) is 3. The van der Waals surface area contributed by atoms with Gasteiger partial charge in [-0.1, -0.05) is 18.2 Å². The summed E-state index contributed by atoms with van der Waals surface area (Å²) in [4.78, 5) is 27.3. The normalized spacial score (nSPS) is 11.4. The fourth-order valence-electron chi connectivity index (χ4n) is 2.55. The van der Waals surface area contributed by atoms with E-state index in [2.05, 4.69) is 15.4 Å². The van der Waals surface area contributed by atoms with Crippen LogP contribution < -0.4 is 5.32 Å². The predicted molar refractivity (Wildman–Crippen MR) is 98.5 cm³/mol. The molecule has 0 radical (unpaired) electrons. The first kappa shape index (κ1) is 18.4. The molecule has 0 aliphatic rings. The quantitative estimate of drug-likeness (QED) is 0.733. The van der Waals surface area contributed by atoms with Gasteiger partial charge in [0.15, 0.2) is 0 Å². The highest BCUT2D eigenvalue weighted by Crippen LogP contribution is 2.23. The Hall–Kier alpha value is -3.42. The van der Waals surface area contributed by atoms with Crippen molar-refractivity contribution in [3.8, 4) is 11.3 Å². The lowest BCUT2D eigenvalue weighted by Gasteiger charge is -2.19. The molecule has 2 heterocycles. The molecule has 8 nitrogen and oxygen atoms in total. The molecule has 0 aliphatic heterocycles. The number of hydrogen-bond donors (Lipinski definition) is 2. The van der Waals surface area contributed by atoms with Crippen molar-refractivity contribution in [2.75, 3.05) is 0 Å². The number of alkyl carbamates (subject to hydrolysis) is 1. The molecule has 8 heteroatoms. The van der Waals surface area contributed by atoms with Crippen molar-refractivity contribution >= 4 is 17.6 Å². The smallest absolute Gasteiger partial charge is 0.407 e. The van der Waals surface area contributed by atoms with E-state index in [-0.39, 0.29) is 12.4 Å². The zero-order valence-electron chi connectivity index (χ0n) is 15.3. The van der Waals surface area contributed by atoms with Gasteiger partial charge in [-0.05, 0) is 44.5 Å². The van der Waals surface area contributed by atoms with Gasteiger partial charge in [0.2, 0.25) is 0 Å². The van der Waals surface area contributed by atoms with Crippen molar-refractivity contribution in [2.24, 2.45) is 0 Å². The number of fused-ring (bicyclic) bond motifs is 1. The van der Waals surface area contributed by atoms with Crippen LogP contribution in [0.4, 0.5) is 4.79 Å². The summed E-state index contributed by atoms with van der Waals surface area (Å²) in [6.45, 7) is 5.66. The number of benzene rings is 1. The summed E-state index contributed by atoms with van der Waals surface area (Å²) >= 11 is 0. The number of aromatic nitrogens is 3. The van der Waals surface area contributed by atoms with E-state index in [9.17, 15) is 14.7 Å². The summed E-state index contributed by atoms with van der Waals surface area (Å²) in [5.74, 6) is -1.49. The second-order valence-corrected chi connectivity index (χ2v) is 6.98. The highest BCUT2D eigenvalue weighted by atomic mass is 16.6. The third kappa shape index (κ3) is 4.41. The van der Waals surface area contributed by atoms with Gasteiger partial charge >= 0.3 is 12.1 Å². The van der Waals surface area contributed by atoms with Crippen LogP contribution in [0.3, 0.4) is 0 Å². The monoisotopic (exact) mass is 368 g/mol. The van der Waals surface area contributed by atoms with Gasteiger partial charge in [-0.2, -0.15) is 0 Å². The van der Waals surface area contributed by atoms with Gasteiger partial charge < -0.3 is 15.2 Å². The standard InChI is InChI=1S/C19H20N4O4/c1-19(2,3)27-18(26)20-11-12-6-4-7-13(10-12)15-14-8-5-9-23(14)22-16(21-15)17(24)25/h4-10H,11H2,1-3H3,(H,20,26)(H,24,25). The Balaban J connectivity index is 1.88. The van der Waals surface area contributed by atoms with E-state index in [0.29, 0.717) is 11.2 Å². The van der Waals surface area contributed by atoms with Crippen molar-refractivity contribution in [3.63, 3.8) is 0 Å². The van der Waals surface area contributed by atoms with Crippen molar-refractivity contribution in [3.05, 3.63) is 54.0 Å². The van der Waals surface area contributed by atoms with Gasteiger partial charge in [-0.25, -0.2) is 19.1 Å². The van der Waals surface area contributed by atoms with Crippen molar-refractivity contribution in [1.82, 2.24) is 19.9 Å². The molecule has 0 saturated carbocycles. The van der Waals surface area contributed by atoms with Crippen molar-refractivity contribution < 1.29 is 19.4 Å². The summed E-state index contributed by atoms with van der Waals surface area (Å²) in [7, 11) is 0. The lowest BCUT2D eigenvalue weighted by molar-refractivity contribution is 0.0523. The molecule has 140 valence electrons. The lowest BCUT2D eigenvalue weighted by atomic mass is 10.1. The molecule has 0 fully saturated rings. The zero-order chi connectivity index (χ0) is 19.6. The number of aromatic carboxylic acids is 1. The van der Waals surface area contributed by atoms with Crippen LogP contribution >= 0.6 is 0 Å². The summed E-state index contributed by atoms with van der Waals surface area (Å²) in [6, 6.07) is 10.9. The fraction of sp³-hybridized carbons (Fsp3) is 0.263. The van der Waals surface area contributed by atoms with E-state index in [4.69, 9.17) is 4.74 Å². The van der Waals surface area contributed by atoms with Crippen LogP contribution in [-0.4, -0.2) is 37.4 Å². The molecular weight excluding hydrogens is 348 g/mol. The first-order valence-corrected chi connectivity index (χ1v) is 8.38. The van der Waals surface area contributed by atoms with E-state index in [0.717, 1.165) is 11.1 Å². The van der Waals surface area contributed by atoms with Gasteiger partial charge in [0.05, 0.1) is 11.2 Å². The van der Waals surface area contributed by atoms with Crippen molar-refractivity contribution in [2.45, 2.75) is 32.9 Å². The van der Waals surface area contributed by atoms with Crippen LogP contribution in [0.5, 0.6) is 0 Å². The number of carboxylic acid groups (broad SMARTS) is 1. The number of ether oxygens (including phenoxy) is 1. The molecule has 0 aliphatic carbocycles. The van der Waals surface area contributed by atoms with E-state index >= 15 is 0 Å². The third-order valence-corrected chi connectivity index (χ3v) is 3.62. The summed E-state index contributed by atoms with van der Waals surface area (Å²) in [5, 5.41) is 15.9. The minimum Gasteiger partial charge on any atom is -0.475 e. The molecule has 0 unspecified atom stereocenters. The first-order valence-electron chi connectivity index (χ1n) is 8.38. The lowest BCUT2D eigenvalue weighted by Crippen LogP contribution is -2.32. The Morgan fingerprint density at radius 1 is 1.22 bits per heavy atom. The molecule has 0 spiro atoms. The Morgan fingerprint density at radius 3 is 2.70 bits per heavy atom. The maximum atomic E-state index is 11.8. The number of amides is 1. The van der Waals surface area contributed by atoms with E-state index in [1.54, 1.807) is 33.0 Å². The summed E-state index contributed by atoms with van der Waals surface area (Å²) in [6.07, 6.45) is 1.16. The summed E-state index contributed by atoms with van der Waals surface area (Å²) < 4.78 is 6.71. The Bertz CT molecular complexity index is 1000. The van der Waals surface area contributed by atoms with E-state index < -0.39 is 17.7 Å². The molecule has 2 N–H and O–H groups in total. The Kier molecular flexibility index (Phi) is 4.81. The molecule has 2 aromatic heterocycles. The number of nitrogens with one attached hydrogen (secondary N) is 1. The average Bonchev–Trinajstić information content (AvgIpc) is 3.06. The maximum absolute atomic E-state index is 11.8. The molecule has 1 amide bonds. The van der Waals surface area contributed by atoms with Gasteiger partial charge in [0, 0.05) is 18.3 Å². The first-order chi connectivity index (χ1) is 12.7. The summed E-state index contributed by atoms with van der Waals surface area (Å²) in [5.41, 5.74) is 2.19. The Labute approximate surface area is 155 Å². The number of carbonyl (C=O) groups is 2. The fourth-order valence-corrected chi connectivity index (χ4v) is 2.55. The largest absolute Gasteiger partial charge is 0.475 e. The van der Waals surface area contributed by atoms with Crippen LogP contribution in [0.25, 0.3) is 16.8 Å². The second kappa shape index (κ2) is 7.06. The predicted octanol–water partition coefficient (Wildman–Crippen LogP) is 3.12. The minimum absolute atomic E-state index is 0.275. The van der Waals surface area contributed by atoms with Crippen LogP contribution in [0.15, 0.2) is 42.6 Å². The van der Waals surface area contributed by atoms with Crippen LogP contribution in [0.2, 0.25) is 0 Å². The highest BCUT2D eigenvalue weighted by Gasteiger charge is 2.17. The topological polar surface area (TPSA) is 106 Å². The van der Waals surface area contributed by atoms with E-state index in [1.165, 1.54) is 4.52 Å².